The van der Waals surface area contributed by atoms with Crippen molar-refractivity contribution in [3.05, 3.63) is 47.3 Å². The summed E-state index contributed by atoms with van der Waals surface area (Å²) in [6, 6.07) is 8.22. The van der Waals surface area contributed by atoms with Crippen LogP contribution in [0.3, 0.4) is 0 Å². The van der Waals surface area contributed by atoms with Crippen LogP contribution in [0.5, 0.6) is 5.75 Å². The molecule has 21 heavy (non-hydrogen) atoms. The van der Waals surface area contributed by atoms with Gasteiger partial charge in [-0.05, 0) is 45.4 Å². The van der Waals surface area contributed by atoms with E-state index < -0.39 is 6.10 Å². The lowest BCUT2D eigenvalue weighted by molar-refractivity contribution is 0.189. The number of aliphatic hydroxyl groups is 1. The van der Waals surface area contributed by atoms with Crippen LogP contribution in [0.25, 0.3) is 0 Å². The third-order valence-electron chi connectivity index (χ3n) is 3.70. The minimum Gasteiger partial charge on any atom is -0.487 e. The second-order valence-corrected chi connectivity index (χ2v) is 5.55. The Morgan fingerprint density at radius 2 is 2.05 bits per heavy atom. The quantitative estimate of drug-likeness (QED) is 0.879. The number of ether oxygens (including phenoxy) is 1. The number of nitrogens with zero attached hydrogens (tertiary/aromatic N) is 2. The molecular formula is C17H24N2O2. The lowest BCUT2D eigenvalue weighted by atomic mass is 10.1. The molecule has 0 aliphatic heterocycles. The molecule has 0 fully saturated rings. The molecule has 1 aromatic carbocycles. The summed E-state index contributed by atoms with van der Waals surface area (Å²) in [6.07, 6.45) is 2.49. The Bertz CT molecular complexity index is 590. The number of aromatic nitrogens is 2. The Morgan fingerprint density at radius 1 is 1.29 bits per heavy atom. The Balaban J connectivity index is 2.08. The van der Waals surface area contributed by atoms with Crippen LogP contribution in [-0.4, -0.2) is 14.9 Å². The van der Waals surface area contributed by atoms with Gasteiger partial charge < -0.3 is 9.84 Å². The van der Waals surface area contributed by atoms with Crippen LogP contribution in [-0.2, 0) is 6.61 Å². The molecule has 1 N–H and O–H groups in total. The van der Waals surface area contributed by atoms with Crippen LogP contribution in [0.4, 0.5) is 0 Å². The van der Waals surface area contributed by atoms with Gasteiger partial charge in [0.1, 0.15) is 12.4 Å². The van der Waals surface area contributed by atoms with Gasteiger partial charge in [0.05, 0.1) is 11.8 Å². The average Bonchev–Trinajstić information content (AvgIpc) is 2.93. The number of benzene rings is 1. The van der Waals surface area contributed by atoms with Crippen molar-refractivity contribution in [3.8, 4) is 5.75 Å². The molecule has 0 radical (unpaired) electrons. The molecule has 1 heterocycles. The fourth-order valence-electron chi connectivity index (χ4n) is 2.16. The maximum absolute atomic E-state index is 9.84. The molecule has 2 aromatic rings. The van der Waals surface area contributed by atoms with Crippen molar-refractivity contribution in [2.75, 3.05) is 0 Å². The fraction of sp³-hybridized carbons (Fsp3) is 0.471. The number of aliphatic hydroxyl groups excluding tert-OH is 1. The molecule has 0 aliphatic rings. The first kappa shape index (κ1) is 15.6. The van der Waals surface area contributed by atoms with Crippen LogP contribution in [0.15, 0.2) is 30.5 Å². The smallest absolute Gasteiger partial charge is 0.132 e. The van der Waals surface area contributed by atoms with Gasteiger partial charge in [0.25, 0.3) is 0 Å². The summed E-state index contributed by atoms with van der Waals surface area (Å²) < 4.78 is 7.79. The third-order valence-corrected chi connectivity index (χ3v) is 3.70. The van der Waals surface area contributed by atoms with Crippen molar-refractivity contribution in [2.45, 2.75) is 52.9 Å². The minimum absolute atomic E-state index is 0.395. The monoisotopic (exact) mass is 288 g/mol. The molecule has 0 spiro atoms. The van der Waals surface area contributed by atoms with E-state index in [2.05, 4.69) is 18.9 Å². The first-order chi connectivity index (χ1) is 10.0. The molecule has 0 aliphatic carbocycles. The van der Waals surface area contributed by atoms with Crippen molar-refractivity contribution < 1.29 is 9.84 Å². The predicted octanol–water partition coefficient (Wildman–Crippen LogP) is 3.79. The van der Waals surface area contributed by atoms with Crippen molar-refractivity contribution >= 4 is 0 Å². The van der Waals surface area contributed by atoms with E-state index in [0.29, 0.717) is 18.4 Å². The largest absolute Gasteiger partial charge is 0.487 e. The Morgan fingerprint density at radius 3 is 2.71 bits per heavy atom. The summed E-state index contributed by atoms with van der Waals surface area (Å²) >= 11 is 0. The second-order valence-electron chi connectivity index (χ2n) is 5.55. The van der Waals surface area contributed by atoms with Gasteiger partial charge >= 0.3 is 0 Å². The highest BCUT2D eigenvalue weighted by molar-refractivity contribution is 5.38. The summed E-state index contributed by atoms with van der Waals surface area (Å²) in [5.41, 5.74) is 2.82. The van der Waals surface area contributed by atoms with Gasteiger partial charge in [-0.2, -0.15) is 5.10 Å². The van der Waals surface area contributed by atoms with E-state index in [1.165, 1.54) is 0 Å². The highest BCUT2D eigenvalue weighted by Crippen LogP contribution is 2.26. The molecule has 0 saturated heterocycles. The number of hydrogen-bond donors (Lipinski definition) is 1. The molecule has 4 nitrogen and oxygen atoms in total. The molecule has 0 amide bonds. The summed E-state index contributed by atoms with van der Waals surface area (Å²) in [5, 5.41) is 14.4. The summed E-state index contributed by atoms with van der Waals surface area (Å²) in [4.78, 5) is 0. The van der Waals surface area contributed by atoms with Gasteiger partial charge in [-0.15, -0.1) is 0 Å². The first-order valence-corrected chi connectivity index (χ1v) is 7.46. The Hall–Kier alpha value is -1.81. The van der Waals surface area contributed by atoms with Crippen molar-refractivity contribution in [1.29, 1.82) is 0 Å². The van der Waals surface area contributed by atoms with E-state index in [0.717, 1.165) is 23.2 Å². The molecular weight excluding hydrogens is 264 g/mol. The van der Waals surface area contributed by atoms with Gasteiger partial charge in [0.2, 0.25) is 0 Å². The lowest BCUT2D eigenvalue weighted by Gasteiger charge is -2.13. The third kappa shape index (κ3) is 3.85. The van der Waals surface area contributed by atoms with E-state index in [1.54, 1.807) is 6.92 Å². The van der Waals surface area contributed by atoms with Crippen LogP contribution in [0.1, 0.15) is 56.2 Å². The zero-order valence-electron chi connectivity index (χ0n) is 13.2. The highest BCUT2D eigenvalue weighted by atomic mass is 16.5. The molecule has 1 aromatic heterocycles. The van der Waals surface area contributed by atoms with E-state index >= 15 is 0 Å². The van der Waals surface area contributed by atoms with Gasteiger partial charge in [-0.25, -0.2) is 0 Å². The van der Waals surface area contributed by atoms with E-state index in [4.69, 9.17) is 4.74 Å². The molecule has 0 saturated carbocycles. The normalized spacial score (nSPS) is 14.0. The van der Waals surface area contributed by atoms with E-state index in [1.807, 2.05) is 42.1 Å². The Kier molecular flexibility index (Phi) is 5.02. The molecule has 4 heteroatoms. The average molecular weight is 288 g/mol. The number of rotatable bonds is 6. The van der Waals surface area contributed by atoms with Crippen molar-refractivity contribution in [2.24, 2.45) is 0 Å². The minimum atomic E-state index is -0.544. The predicted molar refractivity (Wildman–Crippen MR) is 83.4 cm³/mol. The van der Waals surface area contributed by atoms with Gasteiger partial charge in [-0.1, -0.05) is 18.6 Å². The summed E-state index contributed by atoms with van der Waals surface area (Å²) in [6.45, 7) is 8.45. The molecule has 2 atom stereocenters. The lowest BCUT2D eigenvalue weighted by Crippen LogP contribution is -2.06. The van der Waals surface area contributed by atoms with E-state index in [9.17, 15) is 5.11 Å². The van der Waals surface area contributed by atoms with Crippen LogP contribution >= 0.6 is 0 Å². The van der Waals surface area contributed by atoms with Gasteiger partial charge in [0, 0.05) is 17.8 Å². The molecule has 2 rings (SSSR count). The van der Waals surface area contributed by atoms with Gasteiger partial charge in [-0.3, -0.25) is 4.68 Å². The van der Waals surface area contributed by atoms with Crippen LogP contribution in [0.2, 0.25) is 0 Å². The summed E-state index contributed by atoms with van der Waals surface area (Å²) in [5.74, 6) is 0.716. The van der Waals surface area contributed by atoms with Gasteiger partial charge in [0.15, 0.2) is 0 Å². The molecule has 0 bridgehead atoms. The Labute approximate surface area is 126 Å². The topological polar surface area (TPSA) is 47.3 Å². The maximum atomic E-state index is 9.84. The fourth-order valence-corrected chi connectivity index (χ4v) is 2.16. The van der Waals surface area contributed by atoms with Crippen LogP contribution < -0.4 is 4.74 Å². The highest BCUT2D eigenvalue weighted by Gasteiger charge is 2.11. The second kappa shape index (κ2) is 6.76. The molecule has 1 unspecified atom stereocenters. The van der Waals surface area contributed by atoms with Crippen molar-refractivity contribution in [1.82, 2.24) is 9.78 Å². The number of aryl methyl sites for hydroxylation is 1. The zero-order chi connectivity index (χ0) is 15.4. The first-order valence-electron chi connectivity index (χ1n) is 7.46. The van der Waals surface area contributed by atoms with Crippen LogP contribution in [0, 0.1) is 6.92 Å². The van der Waals surface area contributed by atoms with Crippen molar-refractivity contribution in [3.63, 3.8) is 0 Å². The SMILES string of the molecule is CCC(C)n1ccc(COc2ccc(C)cc2[C@H](C)O)n1. The molecule has 114 valence electrons. The summed E-state index contributed by atoms with van der Waals surface area (Å²) in [7, 11) is 0. The standard InChI is InChI=1S/C17H24N2O2/c1-5-13(3)19-9-8-15(18-19)11-21-17-7-6-12(2)10-16(17)14(4)20/h6-10,13-14,20H,5,11H2,1-4H3/t13?,14-/m0/s1. The maximum Gasteiger partial charge on any atom is 0.132 e. The number of hydrogen-bond acceptors (Lipinski definition) is 3. The van der Waals surface area contributed by atoms with E-state index in [-0.39, 0.29) is 0 Å². The zero-order valence-corrected chi connectivity index (χ0v) is 13.2.